The molecule has 0 aliphatic rings. The molecule has 3 N–H and O–H groups in total. The van der Waals surface area contributed by atoms with Crippen molar-refractivity contribution in [3.05, 3.63) is 137 Å². The number of halogens is 2. The molecule has 0 unspecified atom stereocenters. The summed E-state index contributed by atoms with van der Waals surface area (Å²) in [5.74, 6) is -1.98. The average Bonchev–Trinajstić information content (AvgIpc) is 3.36. The van der Waals surface area contributed by atoms with Gasteiger partial charge in [-0.15, -0.1) is 0 Å². The van der Waals surface area contributed by atoms with Crippen molar-refractivity contribution in [1.29, 1.82) is 0 Å². The lowest BCUT2D eigenvalue weighted by Gasteiger charge is -2.06. The van der Waals surface area contributed by atoms with Crippen LogP contribution in [0.3, 0.4) is 0 Å². The lowest BCUT2D eigenvalue weighted by Crippen LogP contribution is -2.23. The van der Waals surface area contributed by atoms with E-state index >= 15 is 0 Å². The topological polar surface area (TPSA) is 85.3 Å². The molecule has 3 heterocycles. The number of benzene rings is 2. The Morgan fingerprint density at radius 3 is 2.32 bits per heavy atom. The van der Waals surface area contributed by atoms with E-state index in [1.165, 1.54) is 6.07 Å². The van der Waals surface area contributed by atoms with Crippen molar-refractivity contribution in [2.45, 2.75) is 26.4 Å². The summed E-state index contributed by atoms with van der Waals surface area (Å²) in [7, 11) is 0. The first-order chi connectivity index (χ1) is 17.9. The van der Waals surface area contributed by atoms with Crippen molar-refractivity contribution < 1.29 is 13.6 Å². The molecular formula is C29H27F2N5O. The normalized spacial score (nSPS) is 10.6. The number of carbonyl (C=O) groups is 1. The summed E-state index contributed by atoms with van der Waals surface area (Å²) in [6, 6.07) is 21.0. The summed E-state index contributed by atoms with van der Waals surface area (Å²) in [5, 5.41) is 7.26. The highest BCUT2D eigenvalue weighted by molar-refractivity contribution is 5.93. The van der Waals surface area contributed by atoms with E-state index in [9.17, 15) is 13.6 Å². The number of carbonyl (C=O) groups excluding carboxylic acids is 1. The summed E-state index contributed by atoms with van der Waals surface area (Å²) in [5.41, 5.74) is 11.1. The molecule has 1 amide bonds. The molecule has 8 heteroatoms. The molecule has 3 aromatic heterocycles. The Hall–Kier alpha value is -4.43. The van der Waals surface area contributed by atoms with Crippen LogP contribution in [0.2, 0.25) is 0 Å². The van der Waals surface area contributed by atoms with Gasteiger partial charge in [-0.25, -0.2) is 13.3 Å². The molecule has 0 saturated heterocycles. The van der Waals surface area contributed by atoms with Gasteiger partial charge in [0, 0.05) is 31.7 Å². The number of hydrogen-bond acceptors (Lipinski definition) is 4. The van der Waals surface area contributed by atoms with Gasteiger partial charge in [0.05, 0.1) is 5.52 Å². The number of nitrogens with two attached hydrogens (primary N) is 1. The number of amides is 1. The van der Waals surface area contributed by atoms with Crippen LogP contribution in [0, 0.1) is 18.6 Å². The van der Waals surface area contributed by atoms with E-state index < -0.39 is 11.6 Å². The zero-order valence-corrected chi connectivity index (χ0v) is 20.4. The second kappa shape index (κ2) is 12.0. The SMILES string of the molecule is Cc1cc(Cc2ccc(F)c(F)c2)cn2nc(C(=O)NCc3ccccc3)cc12.NCc1ccncc1. The molecule has 37 heavy (non-hydrogen) atoms. The summed E-state index contributed by atoms with van der Waals surface area (Å²) in [6.45, 7) is 2.95. The van der Waals surface area contributed by atoms with Crippen molar-refractivity contribution in [2.24, 2.45) is 5.73 Å². The minimum absolute atomic E-state index is 0.251. The largest absolute Gasteiger partial charge is 0.347 e. The highest BCUT2D eigenvalue weighted by atomic mass is 19.2. The fourth-order valence-electron chi connectivity index (χ4n) is 3.81. The maximum Gasteiger partial charge on any atom is 0.272 e. The molecule has 5 rings (SSSR count). The van der Waals surface area contributed by atoms with Gasteiger partial charge in [-0.05, 0) is 71.5 Å². The monoisotopic (exact) mass is 499 g/mol. The Balaban J connectivity index is 0.000000342. The molecule has 5 aromatic rings. The molecule has 188 valence electrons. The molecule has 0 bridgehead atoms. The van der Waals surface area contributed by atoms with Crippen molar-refractivity contribution in [2.75, 3.05) is 0 Å². The average molecular weight is 500 g/mol. The molecule has 0 aliphatic heterocycles. The maximum atomic E-state index is 13.5. The third kappa shape index (κ3) is 6.83. The van der Waals surface area contributed by atoms with Gasteiger partial charge in [0.1, 0.15) is 0 Å². The molecule has 0 spiro atoms. The molecule has 2 aromatic carbocycles. The van der Waals surface area contributed by atoms with E-state index in [1.54, 1.807) is 35.2 Å². The predicted molar refractivity (Wildman–Crippen MR) is 139 cm³/mol. The summed E-state index contributed by atoms with van der Waals surface area (Å²) in [6.07, 6.45) is 5.71. The Morgan fingerprint density at radius 1 is 0.892 bits per heavy atom. The summed E-state index contributed by atoms with van der Waals surface area (Å²) >= 11 is 0. The number of aryl methyl sites for hydroxylation is 1. The van der Waals surface area contributed by atoms with Crippen LogP contribution < -0.4 is 11.1 Å². The van der Waals surface area contributed by atoms with Gasteiger partial charge in [-0.2, -0.15) is 5.10 Å². The second-order valence-electron chi connectivity index (χ2n) is 8.54. The first-order valence-electron chi connectivity index (χ1n) is 11.8. The van der Waals surface area contributed by atoms with Crippen LogP contribution >= 0.6 is 0 Å². The number of fused-ring (bicyclic) bond motifs is 1. The predicted octanol–water partition coefficient (Wildman–Crippen LogP) is 4.98. The molecule has 0 atom stereocenters. The van der Waals surface area contributed by atoms with Crippen LogP contribution in [-0.4, -0.2) is 20.5 Å². The Morgan fingerprint density at radius 2 is 1.65 bits per heavy atom. The number of hydrogen-bond donors (Lipinski definition) is 2. The minimum Gasteiger partial charge on any atom is -0.347 e. The summed E-state index contributed by atoms with van der Waals surface area (Å²) in [4.78, 5) is 16.3. The van der Waals surface area contributed by atoms with Crippen LogP contribution in [0.25, 0.3) is 5.52 Å². The van der Waals surface area contributed by atoms with Crippen LogP contribution in [0.1, 0.15) is 38.3 Å². The van der Waals surface area contributed by atoms with Gasteiger partial charge in [-0.3, -0.25) is 9.78 Å². The number of nitrogens with zero attached hydrogens (tertiary/aromatic N) is 3. The molecule has 6 nitrogen and oxygen atoms in total. The maximum absolute atomic E-state index is 13.5. The van der Waals surface area contributed by atoms with Crippen molar-refractivity contribution >= 4 is 11.4 Å². The fraction of sp³-hybridized carbons (Fsp3) is 0.138. The molecule has 0 saturated carbocycles. The van der Waals surface area contributed by atoms with E-state index in [0.717, 1.165) is 33.8 Å². The molecule has 0 fully saturated rings. The van der Waals surface area contributed by atoms with Gasteiger partial charge in [0.25, 0.3) is 5.91 Å². The van der Waals surface area contributed by atoms with Crippen molar-refractivity contribution in [3.8, 4) is 0 Å². The van der Waals surface area contributed by atoms with Gasteiger partial charge >= 0.3 is 0 Å². The fourth-order valence-corrected chi connectivity index (χ4v) is 3.81. The lowest BCUT2D eigenvalue weighted by molar-refractivity contribution is 0.0945. The van der Waals surface area contributed by atoms with Gasteiger partial charge in [-0.1, -0.05) is 42.5 Å². The molecular weight excluding hydrogens is 472 g/mol. The van der Waals surface area contributed by atoms with E-state index in [-0.39, 0.29) is 5.91 Å². The Labute approximate surface area is 213 Å². The van der Waals surface area contributed by atoms with E-state index in [2.05, 4.69) is 15.4 Å². The highest BCUT2D eigenvalue weighted by Gasteiger charge is 2.13. The first kappa shape index (κ1) is 25.7. The van der Waals surface area contributed by atoms with E-state index in [4.69, 9.17) is 5.73 Å². The molecule has 0 aliphatic carbocycles. The zero-order chi connectivity index (χ0) is 26.2. The van der Waals surface area contributed by atoms with Gasteiger partial charge in [0.2, 0.25) is 0 Å². The van der Waals surface area contributed by atoms with Gasteiger partial charge in [0.15, 0.2) is 17.3 Å². The van der Waals surface area contributed by atoms with E-state index in [1.807, 2.05) is 55.5 Å². The zero-order valence-electron chi connectivity index (χ0n) is 20.4. The standard InChI is InChI=1S/C23H19F2N3O.C6H8N2/c1-15-9-18(10-17-7-8-19(24)20(25)11-17)14-28-22(15)12-21(27-28)23(29)26-13-16-5-3-2-4-6-16;7-5-6-1-3-8-4-2-6/h2-9,11-12,14H,10,13H2,1H3,(H,26,29);1-4H,5,7H2. The van der Waals surface area contributed by atoms with E-state index in [0.29, 0.717) is 30.8 Å². The van der Waals surface area contributed by atoms with Crippen LogP contribution in [0.15, 0.2) is 91.4 Å². The van der Waals surface area contributed by atoms with Crippen molar-refractivity contribution in [3.63, 3.8) is 0 Å². The van der Waals surface area contributed by atoms with Crippen LogP contribution in [-0.2, 0) is 19.5 Å². The molecule has 0 radical (unpaired) electrons. The van der Waals surface area contributed by atoms with Crippen LogP contribution in [0.5, 0.6) is 0 Å². The Bertz CT molecular complexity index is 1490. The van der Waals surface area contributed by atoms with Crippen molar-refractivity contribution in [1.82, 2.24) is 19.9 Å². The number of rotatable bonds is 6. The first-order valence-corrected chi connectivity index (χ1v) is 11.8. The quantitative estimate of drug-likeness (QED) is 0.345. The van der Waals surface area contributed by atoms with Gasteiger partial charge < -0.3 is 11.1 Å². The number of aromatic nitrogens is 3. The minimum atomic E-state index is -0.864. The highest BCUT2D eigenvalue weighted by Crippen LogP contribution is 2.18. The number of nitrogens with one attached hydrogen (secondary N) is 1. The summed E-state index contributed by atoms with van der Waals surface area (Å²) < 4.78 is 28.3. The lowest BCUT2D eigenvalue weighted by atomic mass is 10.0. The Kier molecular flexibility index (Phi) is 8.33. The third-order valence-electron chi connectivity index (χ3n) is 5.74. The number of pyridine rings is 2. The third-order valence-corrected chi connectivity index (χ3v) is 5.74. The smallest absolute Gasteiger partial charge is 0.272 e. The van der Waals surface area contributed by atoms with Crippen LogP contribution in [0.4, 0.5) is 8.78 Å². The second-order valence-corrected chi connectivity index (χ2v) is 8.54.